The van der Waals surface area contributed by atoms with E-state index >= 15 is 0 Å². The third-order valence-corrected chi connectivity index (χ3v) is 8.63. The van der Waals surface area contributed by atoms with Crippen LogP contribution >= 0.6 is 0 Å². The third-order valence-electron chi connectivity index (χ3n) is 8.63. The van der Waals surface area contributed by atoms with Crippen LogP contribution in [0.5, 0.6) is 5.75 Å². The first-order chi connectivity index (χ1) is 25.4. The quantitative estimate of drug-likeness (QED) is 0.217. The van der Waals surface area contributed by atoms with Crippen LogP contribution in [-0.2, 0) is 4.74 Å². The van der Waals surface area contributed by atoms with Crippen molar-refractivity contribution < 1.29 is 28.2 Å². The fourth-order valence-corrected chi connectivity index (χ4v) is 6.03. The maximum atomic E-state index is 14.2. The molecule has 1 aliphatic heterocycles. The van der Waals surface area contributed by atoms with Gasteiger partial charge in [-0.15, -0.1) is 5.10 Å². The Labute approximate surface area is 303 Å². The van der Waals surface area contributed by atoms with Gasteiger partial charge in [0, 0.05) is 42.7 Å². The van der Waals surface area contributed by atoms with E-state index in [1.165, 1.54) is 10.7 Å². The Bertz CT molecular complexity index is 2360. The van der Waals surface area contributed by atoms with Crippen molar-refractivity contribution in [2.45, 2.75) is 58.3 Å². The topological polar surface area (TPSA) is 172 Å². The van der Waals surface area contributed by atoms with Gasteiger partial charge >= 0.3 is 6.09 Å². The van der Waals surface area contributed by atoms with Gasteiger partial charge in [-0.05, 0) is 64.8 Å². The summed E-state index contributed by atoms with van der Waals surface area (Å²) in [6.45, 7) is 8.10. The summed E-state index contributed by atoms with van der Waals surface area (Å²) in [5.74, 6) is -1.42. The lowest BCUT2D eigenvalue weighted by Crippen LogP contribution is -2.42. The van der Waals surface area contributed by atoms with Crippen LogP contribution in [-0.4, -0.2) is 75.6 Å². The average molecular weight is 723 g/mol. The van der Waals surface area contributed by atoms with Crippen molar-refractivity contribution in [3.8, 4) is 29.1 Å². The summed E-state index contributed by atoms with van der Waals surface area (Å²) >= 11 is 0. The molecular weight excluding hydrogens is 686 g/mol. The van der Waals surface area contributed by atoms with Crippen LogP contribution in [0.2, 0.25) is 0 Å². The monoisotopic (exact) mass is 722 g/mol. The van der Waals surface area contributed by atoms with Gasteiger partial charge in [-0.25, -0.2) is 27.3 Å². The molecule has 272 valence electrons. The minimum atomic E-state index is -1.39. The molecule has 53 heavy (non-hydrogen) atoms. The second kappa shape index (κ2) is 15.1. The molecule has 1 atom stereocenters. The van der Waals surface area contributed by atoms with E-state index in [-0.39, 0.29) is 35.6 Å². The number of amides is 1. The zero-order valence-electron chi connectivity index (χ0n) is 29.4. The fourth-order valence-electron chi connectivity index (χ4n) is 6.03. The Balaban J connectivity index is 0.000000370. The molecule has 1 aromatic carbocycles. The zero-order chi connectivity index (χ0) is 37.9. The number of likely N-dealkylation sites (tertiary alicyclic amines) is 1. The lowest BCUT2D eigenvalue weighted by atomic mass is 10.0. The molecule has 0 saturated carbocycles. The second-order valence-electron chi connectivity index (χ2n) is 13.4. The highest BCUT2D eigenvalue weighted by Crippen LogP contribution is 2.33. The first kappa shape index (κ1) is 36.4. The predicted octanol–water partition coefficient (Wildman–Crippen LogP) is 5.94. The van der Waals surface area contributed by atoms with Crippen molar-refractivity contribution in [2.24, 2.45) is 0 Å². The highest BCUT2D eigenvalue weighted by atomic mass is 19.1. The molecule has 1 fully saturated rings. The minimum Gasteiger partial charge on any atom is -0.488 e. The summed E-state index contributed by atoms with van der Waals surface area (Å²) in [5, 5.41) is 45.8. The minimum absolute atomic E-state index is 0.0278. The number of halogens is 2. The number of aromatic nitrogens is 7. The van der Waals surface area contributed by atoms with Gasteiger partial charge in [0.15, 0.2) is 0 Å². The van der Waals surface area contributed by atoms with Gasteiger partial charge in [0.05, 0.1) is 35.2 Å². The van der Waals surface area contributed by atoms with Crippen LogP contribution in [0, 0.1) is 41.2 Å². The number of rotatable bonds is 6. The van der Waals surface area contributed by atoms with Crippen molar-refractivity contribution in [1.82, 2.24) is 39.1 Å². The van der Waals surface area contributed by atoms with E-state index in [1.807, 2.05) is 56.8 Å². The molecule has 0 aliphatic carbocycles. The second-order valence-corrected chi connectivity index (χ2v) is 13.4. The molecule has 16 heteroatoms. The molecule has 1 aliphatic rings. The van der Waals surface area contributed by atoms with Crippen molar-refractivity contribution in [3.05, 3.63) is 101 Å². The third kappa shape index (κ3) is 7.93. The largest absolute Gasteiger partial charge is 0.488 e. The van der Waals surface area contributed by atoms with Gasteiger partial charge in [0.2, 0.25) is 0 Å². The van der Waals surface area contributed by atoms with Gasteiger partial charge in [0.1, 0.15) is 64.6 Å². The maximum absolute atomic E-state index is 14.2. The molecule has 1 N–H and O–H groups in total. The van der Waals surface area contributed by atoms with Gasteiger partial charge in [-0.1, -0.05) is 17.3 Å². The molecule has 0 spiro atoms. The Morgan fingerprint density at radius 1 is 1.04 bits per heavy atom. The number of nitrogens with zero attached hydrogens (tertiary/aromatic N) is 10. The van der Waals surface area contributed by atoms with E-state index in [4.69, 9.17) is 14.7 Å². The van der Waals surface area contributed by atoms with Crippen LogP contribution in [0.4, 0.5) is 13.6 Å². The number of piperidine rings is 1. The Morgan fingerprint density at radius 3 is 2.45 bits per heavy atom. The summed E-state index contributed by atoms with van der Waals surface area (Å²) in [4.78, 5) is 14.2. The molecule has 1 saturated heterocycles. The lowest BCUT2D eigenvalue weighted by molar-refractivity contribution is 0.0183. The number of hydrogen-bond donors (Lipinski definition) is 1. The SMILES string of the molecule is Cc1c(-c2cc(OCC(O)c3ccc(F)cc3F)c3c(C#N)cnn3c2)nnn1C1CCN(C(=O)OC(C)(C)C)CC1.N#Cc1cnn2ccccc12. The molecule has 1 amide bonds. The van der Waals surface area contributed by atoms with Crippen LogP contribution in [0.15, 0.2) is 67.3 Å². The first-order valence-corrected chi connectivity index (χ1v) is 16.8. The summed E-state index contributed by atoms with van der Waals surface area (Å²) < 4.78 is 43.9. The van der Waals surface area contributed by atoms with E-state index in [0.29, 0.717) is 54.3 Å². The van der Waals surface area contributed by atoms with E-state index in [2.05, 4.69) is 32.6 Å². The number of nitriles is 2. The number of aliphatic hydroxyl groups excluding tert-OH is 1. The highest BCUT2D eigenvalue weighted by molar-refractivity contribution is 5.75. The molecule has 5 aromatic heterocycles. The van der Waals surface area contributed by atoms with Crippen molar-refractivity contribution in [1.29, 1.82) is 10.5 Å². The van der Waals surface area contributed by atoms with E-state index in [0.717, 1.165) is 23.3 Å². The Kier molecular flexibility index (Phi) is 10.4. The average Bonchev–Trinajstić information content (AvgIpc) is 3.86. The van der Waals surface area contributed by atoms with Crippen LogP contribution < -0.4 is 4.74 Å². The fraction of sp³-hybridized carbons (Fsp3) is 0.324. The summed E-state index contributed by atoms with van der Waals surface area (Å²) in [6.07, 6.45) is 6.11. The molecule has 1 unspecified atom stereocenters. The number of ether oxygens (including phenoxy) is 2. The molecule has 14 nitrogen and oxygen atoms in total. The van der Waals surface area contributed by atoms with Gasteiger partial charge in [0.25, 0.3) is 0 Å². The molecular formula is C37H36F2N10O4. The maximum Gasteiger partial charge on any atom is 0.410 e. The standard InChI is InChI=1S/C29H31F2N7O4.C8H5N3/c1-17-26(34-35-38(17)21-7-9-36(10-8-21)28(40)42-29(2,3)4)18-11-25(27-19(13-32)14-33-37(27)15-18)41-16-24(39)22-6-5-20(30)12-23(22)31;9-5-7-6-10-11-4-2-1-3-8(7)11/h5-6,11-12,14-15,21,24,39H,7-10,16H2,1-4H3;1-4,6H. The van der Waals surface area contributed by atoms with Crippen molar-refractivity contribution in [2.75, 3.05) is 19.7 Å². The number of aliphatic hydroxyl groups is 1. The van der Waals surface area contributed by atoms with Crippen molar-refractivity contribution in [3.63, 3.8) is 0 Å². The van der Waals surface area contributed by atoms with E-state index in [1.54, 1.807) is 27.9 Å². The number of carbonyl (C=O) groups excluding carboxylic acids is 1. The molecule has 0 radical (unpaired) electrons. The molecule has 0 bridgehead atoms. The predicted molar refractivity (Wildman–Crippen MR) is 186 cm³/mol. The van der Waals surface area contributed by atoms with Crippen molar-refractivity contribution >= 4 is 17.1 Å². The summed E-state index contributed by atoms with van der Waals surface area (Å²) in [5.41, 5.74) is 3.36. The van der Waals surface area contributed by atoms with Crippen LogP contribution in [0.1, 0.15) is 68.1 Å². The van der Waals surface area contributed by atoms with Crippen LogP contribution in [0.25, 0.3) is 22.3 Å². The number of hydrogen-bond acceptors (Lipinski definition) is 10. The molecule has 7 rings (SSSR count). The highest BCUT2D eigenvalue weighted by Gasteiger charge is 2.29. The zero-order valence-corrected chi connectivity index (χ0v) is 29.4. The smallest absolute Gasteiger partial charge is 0.410 e. The Hall–Kier alpha value is -6.39. The first-order valence-electron chi connectivity index (χ1n) is 16.8. The van der Waals surface area contributed by atoms with E-state index in [9.17, 15) is 23.9 Å². The number of carbonyl (C=O) groups is 1. The van der Waals surface area contributed by atoms with Gasteiger partial charge in [-0.2, -0.15) is 20.7 Å². The van der Waals surface area contributed by atoms with E-state index < -0.39 is 23.3 Å². The normalized spacial score (nSPS) is 13.9. The summed E-state index contributed by atoms with van der Waals surface area (Å²) in [6, 6.07) is 14.4. The van der Waals surface area contributed by atoms with Crippen LogP contribution in [0.3, 0.4) is 0 Å². The number of fused-ring (bicyclic) bond motifs is 2. The number of pyridine rings is 2. The van der Waals surface area contributed by atoms with Gasteiger partial charge in [-0.3, -0.25) is 0 Å². The summed E-state index contributed by atoms with van der Waals surface area (Å²) in [7, 11) is 0. The molecule has 6 aromatic rings. The Morgan fingerprint density at radius 2 is 1.75 bits per heavy atom. The van der Waals surface area contributed by atoms with Gasteiger partial charge < -0.3 is 19.5 Å². The molecule has 6 heterocycles. The lowest BCUT2D eigenvalue weighted by Gasteiger charge is -2.33. The number of benzene rings is 1.